The molecule has 110 valence electrons. The maximum Gasteiger partial charge on any atom is 0.0589 e. The van der Waals surface area contributed by atoms with Crippen LogP contribution in [-0.2, 0) is 4.74 Å². The van der Waals surface area contributed by atoms with Gasteiger partial charge in [0.2, 0.25) is 0 Å². The number of hydrogen-bond acceptors (Lipinski definition) is 3. The lowest BCUT2D eigenvalue weighted by Gasteiger charge is -2.35. The normalized spacial score (nSPS) is 29.9. The van der Waals surface area contributed by atoms with Gasteiger partial charge in [0.05, 0.1) is 6.10 Å². The molecule has 3 rings (SSSR count). The smallest absolute Gasteiger partial charge is 0.0589 e. The van der Waals surface area contributed by atoms with Gasteiger partial charge in [-0.2, -0.15) is 0 Å². The molecule has 1 fully saturated rings. The lowest BCUT2D eigenvalue weighted by molar-refractivity contribution is -0.00521. The van der Waals surface area contributed by atoms with Crippen LogP contribution >= 0.6 is 11.8 Å². The van der Waals surface area contributed by atoms with Gasteiger partial charge in [0, 0.05) is 23.6 Å². The van der Waals surface area contributed by atoms with Crippen LogP contribution in [0.15, 0.2) is 29.2 Å². The molecule has 2 heterocycles. The molecule has 2 aliphatic heterocycles. The predicted octanol–water partition coefficient (Wildman–Crippen LogP) is 4.16. The van der Waals surface area contributed by atoms with Crippen molar-refractivity contribution in [3.05, 3.63) is 29.8 Å². The Kier molecular flexibility index (Phi) is 5.03. The van der Waals surface area contributed by atoms with Crippen molar-refractivity contribution >= 4 is 11.8 Å². The summed E-state index contributed by atoms with van der Waals surface area (Å²) < 4.78 is 5.86. The highest BCUT2D eigenvalue weighted by atomic mass is 32.2. The monoisotopic (exact) mass is 291 g/mol. The number of thioether (sulfide) groups is 1. The molecule has 1 aromatic rings. The zero-order valence-electron chi connectivity index (χ0n) is 12.3. The van der Waals surface area contributed by atoms with Gasteiger partial charge in [-0.1, -0.05) is 31.5 Å². The van der Waals surface area contributed by atoms with Crippen LogP contribution in [0.5, 0.6) is 0 Å². The summed E-state index contributed by atoms with van der Waals surface area (Å²) in [7, 11) is 0. The summed E-state index contributed by atoms with van der Waals surface area (Å²) in [4.78, 5) is 1.47. The first-order valence-electron chi connectivity index (χ1n) is 7.96. The maximum absolute atomic E-state index is 5.86. The Hall–Kier alpha value is -0.510. The van der Waals surface area contributed by atoms with Gasteiger partial charge in [0.15, 0.2) is 0 Å². The zero-order chi connectivity index (χ0) is 13.8. The van der Waals surface area contributed by atoms with Crippen molar-refractivity contribution in [1.29, 1.82) is 0 Å². The molecule has 0 amide bonds. The van der Waals surface area contributed by atoms with E-state index < -0.39 is 0 Å². The van der Waals surface area contributed by atoms with Gasteiger partial charge in [-0.25, -0.2) is 0 Å². The number of ether oxygens (including phenoxy) is 1. The summed E-state index contributed by atoms with van der Waals surface area (Å²) in [5.41, 5.74) is 1.50. The molecule has 3 heteroatoms. The van der Waals surface area contributed by atoms with Crippen molar-refractivity contribution in [2.24, 2.45) is 0 Å². The van der Waals surface area contributed by atoms with Crippen LogP contribution in [0.4, 0.5) is 0 Å². The fraction of sp³-hybridized carbons (Fsp3) is 0.647. The third-order valence-corrected chi connectivity index (χ3v) is 5.50. The summed E-state index contributed by atoms with van der Waals surface area (Å²) in [6.07, 6.45) is 6.48. The van der Waals surface area contributed by atoms with Crippen LogP contribution < -0.4 is 5.32 Å². The van der Waals surface area contributed by atoms with Crippen LogP contribution in [0.3, 0.4) is 0 Å². The molecule has 0 saturated carbocycles. The average molecular weight is 291 g/mol. The van der Waals surface area contributed by atoms with Crippen molar-refractivity contribution in [2.45, 2.75) is 62.1 Å². The van der Waals surface area contributed by atoms with E-state index in [0.717, 1.165) is 13.0 Å². The first kappa shape index (κ1) is 14.4. The predicted molar refractivity (Wildman–Crippen MR) is 85.3 cm³/mol. The van der Waals surface area contributed by atoms with Gasteiger partial charge >= 0.3 is 0 Å². The fourth-order valence-electron chi connectivity index (χ4n) is 3.35. The van der Waals surface area contributed by atoms with Crippen LogP contribution in [0.1, 0.15) is 50.6 Å². The minimum atomic E-state index is 0.472. The summed E-state index contributed by atoms with van der Waals surface area (Å²) >= 11 is 2.00. The summed E-state index contributed by atoms with van der Waals surface area (Å²) in [6, 6.07) is 10.0. The third-order valence-electron chi connectivity index (χ3n) is 4.37. The molecule has 0 aliphatic carbocycles. The second kappa shape index (κ2) is 6.97. The third kappa shape index (κ3) is 3.38. The minimum Gasteiger partial charge on any atom is -0.378 e. The van der Waals surface area contributed by atoms with Crippen LogP contribution in [-0.4, -0.2) is 24.5 Å². The summed E-state index contributed by atoms with van der Waals surface area (Å²) in [6.45, 7) is 3.17. The molecule has 3 atom stereocenters. The number of hydrogen-bond donors (Lipinski definition) is 1. The molecule has 1 saturated heterocycles. The molecular formula is C17H25NOS. The van der Waals surface area contributed by atoms with Crippen LogP contribution in [0.2, 0.25) is 0 Å². The Bertz CT molecular complexity index is 435. The lowest BCUT2D eigenvalue weighted by atomic mass is 9.96. The van der Waals surface area contributed by atoms with E-state index in [-0.39, 0.29) is 0 Å². The number of benzene rings is 1. The van der Waals surface area contributed by atoms with E-state index in [0.29, 0.717) is 18.2 Å². The topological polar surface area (TPSA) is 21.3 Å². The molecule has 20 heavy (non-hydrogen) atoms. The SMILES string of the molecule is CCCC1CC(NC2CCSc3ccccc32)CCO1. The molecule has 1 aromatic carbocycles. The van der Waals surface area contributed by atoms with E-state index in [2.05, 4.69) is 36.5 Å². The Morgan fingerprint density at radius 1 is 1.30 bits per heavy atom. The van der Waals surface area contributed by atoms with Crippen LogP contribution in [0.25, 0.3) is 0 Å². The second-order valence-electron chi connectivity index (χ2n) is 5.90. The number of nitrogens with one attached hydrogen (secondary N) is 1. The van der Waals surface area contributed by atoms with Crippen molar-refractivity contribution in [2.75, 3.05) is 12.4 Å². The van der Waals surface area contributed by atoms with Gasteiger partial charge in [0.25, 0.3) is 0 Å². The number of fused-ring (bicyclic) bond motifs is 1. The summed E-state index contributed by atoms with van der Waals surface area (Å²) in [5, 5.41) is 3.91. The quantitative estimate of drug-likeness (QED) is 0.900. The van der Waals surface area contributed by atoms with E-state index in [1.165, 1.54) is 41.9 Å². The molecule has 0 spiro atoms. The van der Waals surface area contributed by atoms with Gasteiger partial charge in [-0.3, -0.25) is 0 Å². The van der Waals surface area contributed by atoms with Gasteiger partial charge in [0.1, 0.15) is 0 Å². The highest BCUT2D eigenvalue weighted by Crippen LogP contribution is 2.36. The van der Waals surface area contributed by atoms with E-state index in [1.807, 2.05) is 11.8 Å². The molecular weight excluding hydrogens is 266 g/mol. The highest BCUT2D eigenvalue weighted by molar-refractivity contribution is 7.99. The molecule has 3 unspecified atom stereocenters. The van der Waals surface area contributed by atoms with E-state index in [4.69, 9.17) is 4.74 Å². The Morgan fingerprint density at radius 2 is 2.20 bits per heavy atom. The number of rotatable bonds is 4. The van der Waals surface area contributed by atoms with Gasteiger partial charge in [-0.05, 0) is 43.1 Å². The molecule has 0 aromatic heterocycles. The van der Waals surface area contributed by atoms with E-state index in [9.17, 15) is 0 Å². The molecule has 2 aliphatic rings. The lowest BCUT2D eigenvalue weighted by Crippen LogP contribution is -2.41. The van der Waals surface area contributed by atoms with Crippen molar-refractivity contribution in [3.63, 3.8) is 0 Å². The fourth-order valence-corrected chi connectivity index (χ4v) is 4.48. The van der Waals surface area contributed by atoms with Crippen molar-refractivity contribution in [1.82, 2.24) is 5.32 Å². The highest BCUT2D eigenvalue weighted by Gasteiger charge is 2.27. The Balaban J connectivity index is 1.63. The minimum absolute atomic E-state index is 0.472. The Labute approximate surface area is 126 Å². The van der Waals surface area contributed by atoms with Crippen LogP contribution in [0, 0.1) is 0 Å². The van der Waals surface area contributed by atoms with Crippen molar-refractivity contribution in [3.8, 4) is 0 Å². The van der Waals surface area contributed by atoms with E-state index in [1.54, 1.807) is 0 Å². The largest absolute Gasteiger partial charge is 0.378 e. The zero-order valence-corrected chi connectivity index (χ0v) is 13.1. The second-order valence-corrected chi connectivity index (χ2v) is 7.03. The summed E-state index contributed by atoms with van der Waals surface area (Å²) in [5.74, 6) is 1.23. The van der Waals surface area contributed by atoms with E-state index >= 15 is 0 Å². The maximum atomic E-state index is 5.86. The first-order valence-corrected chi connectivity index (χ1v) is 8.94. The van der Waals surface area contributed by atoms with Crippen molar-refractivity contribution < 1.29 is 4.74 Å². The molecule has 1 N–H and O–H groups in total. The first-order chi connectivity index (χ1) is 9.86. The molecule has 2 nitrogen and oxygen atoms in total. The molecule has 0 bridgehead atoms. The standard InChI is InChI=1S/C17H25NOS/c1-2-5-14-12-13(8-10-19-14)18-16-9-11-20-17-7-4-3-6-15(16)17/h3-4,6-7,13-14,16,18H,2,5,8-12H2,1H3. The average Bonchev–Trinajstić information content (AvgIpc) is 2.48. The molecule has 0 radical (unpaired) electrons. The van der Waals surface area contributed by atoms with Gasteiger partial charge in [-0.15, -0.1) is 11.8 Å². The van der Waals surface area contributed by atoms with Gasteiger partial charge < -0.3 is 10.1 Å². The Morgan fingerprint density at radius 3 is 3.10 bits per heavy atom.